The molecule has 1 aromatic heterocycles. The fourth-order valence-electron chi connectivity index (χ4n) is 5.87. The summed E-state index contributed by atoms with van der Waals surface area (Å²) in [6, 6.07) is 15.0. The van der Waals surface area contributed by atoms with Crippen LogP contribution in [0.4, 0.5) is 4.79 Å². The summed E-state index contributed by atoms with van der Waals surface area (Å²) in [5.74, 6) is 1.06. The summed E-state index contributed by atoms with van der Waals surface area (Å²) >= 11 is 0. The zero-order valence-electron chi connectivity index (χ0n) is 24.1. The van der Waals surface area contributed by atoms with Gasteiger partial charge in [-0.15, -0.1) is 0 Å². The van der Waals surface area contributed by atoms with Crippen LogP contribution in [-0.2, 0) is 16.1 Å². The van der Waals surface area contributed by atoms with Crippen molar-refractivity contribution in [3.05, 3.63) is 65.4 Å². The summed E-state index contributed by atoms with van der Waals surface area (Å²) in [5, 5.41) is 5.82. The molecule has 1 atom stereocenters. The molecule has 0 amide bonds. The molecule has 2 aliphatic heterocycles. The second-order valence-electron chi connectivity index (χ2n) is 11.0. The Morgan fingerprint density at radius 3 is 2.44 bits per heavy atom. The van der Waals surface area contributed by atoms with Gasteiger partial charge in [0.05, 0.1) is 7.11 Å². The quantitative estimate of drug-likeness (QED) is 0.158. The van der Waals surface area contributed by atoms with Crippen LogP contribution in [0.5, 0.6) is 5.75 Å². The van der Waals surface area contributed by atoms with Crippen molar-refractivity contribution in [2.24, 2.45) is 10.9 Å². The average Bonchev–Trinajstić information content (AvgIpc) is 3.66. The Morgan fingerprint density at radius 1 is 0.951 bits per heavy atom. The van der Waals surface area contributed by atoms with Crippen LogP contribution in [0.25, 0.3) is 11.0 Å². The third-order valence-corrected chi connectivity index (χ3v) is 8.04. The Labute approximate surface area is 242 Å². The van der Waals surface area contributed by atoms with E-state index in [0.29, 0.717) is 17.1 Å². The van der Waals surface area contributed by atoms with Crippen LogP contribution in [0.15, 0.2) is 58.1 Å². The molecule has 3 heterocycles. The topological polar surface area (TPSA) is 103 Å². The fraction of sp³-hybridized carbons (Fsp3) is 0.500. The van der Waals surface area contributed by atoms with Crippen LogP contribution < -0.4 is 10.5 Å². The van der Waals surface area contributed by atoms with Crippen molar-refractivity contribution in [3.8, 4) is 5.75 Å². The molecule has 2 N–H and O–H groups in total. The minimum Gasteiger partial charge on any atom is -0.496 e. The van der Waals surface area contributed by atoms with Gasteiger partial charge in [0.15, 0.2) is 6.04 Å². The number of carbonyl (C=O) groups is 1. The molecule has 9 heteroatoms. The van der Waals surface area contributed by atoms with Crippen LogP contribution in [0, 0.1) is 0 Å². The second-order valence-corrected chi connectivity index (χ2v) is 11.0. The molecule has 9 nitrogen and oxygen atoms in total. The number of benzene rings is 2. The molecule has 5 rings (SSSR count). The van der Waals surface area contributed by atoms with Crippen molar-refractivity contribution >= 4 is 23.1 Å². The fourth-order valence-corrected chi connectivity index (χ4v) is 5.87. The van der Waals surface area contributed by atoms with Gasteiger partial charge < -0.3 is 24.6 Å². The lowest BCUT2D eigenvalue weighted by atomic mass is 9.97. The third-order valence-electron chi connectivity index (χ3n) is 8.04. The zero-order valence-corrected chi connectivity index (χ0v) is 24.1. The molecule has 0 saturated carbocycles. The molecule has 41 heavy (non-hydrogen) atoms. The van der Waals surface area contributed by atoms with Crippen LogP contribution >= 0.6 is 0 Å². The molecule has 0 bridgehead atoms. The van der Waals surface area contributed by atoms with Gasteiger partial charge in [-0.05, 0) is 86.7 Å². The van der Waals surface area contributed by atoms with Crippen molar-refractivity contribution in [1.82, 2.24) is 9.96 Å². The molecule has 1 saturated heterocycles. The highest BCUT2D eigenvalue weighted by Crippen LogP contribution is 2.39. The summed E-state index contributed by atoms with van der Waals surface area (Å²) in [4.78, 5) is 24.6. The van der Waals surface area contributed by atoms with Crippen LogP contribution in [0.1, 0.15) is 87.1 Å². The van der Waals surface area contributed by atoms with Crippen molar-refractivity contribution in [2.45, 2.75) is 76.7 Å². The van der Waals surface area contributed by atoms with Crippen LogP contribution in [0.3, 0.4) is 0 Å². The van der Waals surface area contributed by atoms with E-state index in [0.717, 1.165) is 23.8 Å². The number of guanidine groups is 1. The summed E-state index contributed by atoms with van der Waals surface area (Å²) in [5.41, 5.74) is 8.76. The largest absolute Gasteiger partial charge is 0.560 e. The number of fused-ring (bicyclic) bond motifs is 1. The highest BCUT2D eigenvalue weighted by atomic mass is 16.9. The molecule has 1 fully saturated rings. The standard InChI is InChI=1S/C32H42N4O5/c1-38-28-18-17-24(14-8-6-4-2-3-5-7-11-19-35-20-12-13-21-35)22-26(28)30(36-31(33)34-40-32(37)41-36)29-23-25-15-9-10-16-27(25)39-29/h9-10,15-18,22-23,30H,2-8,11-14,19-21H2,1H3,(H2,33,34). The first-order chi connectivity index (χ1) is 20.1. The maximum absolute atomic E-state index is 12.0. The summed E-state index contributed by atoms with van der Waals surface area (Å²) in [7, 11) is 1.61. The van der Waals surface area contributed by atoms with Crippen LogP contribution in [-0.4, -0.2) is 48.8 Å². The highest BCUT2D eigenvalue weighted by Gasteiger charge is 2.36. The molecular weight excluding hydrogens is 520 g/mol. The molecule has 0 spiro atoms. The van der Waals surface area contributed by atoms with E-state index < -0.39 is 12.2 Å². The number of rotatable bonds is 15. The minimum atomic E-state index is -0.970. The number of aryl methyl sites for hydroxylation is 1. The summed E-state index contributed by atoms with van der Waals surface area (Å²) in [6.07, 6.45) is 13.0. The lowest BCUT2D eigenvalue weighted by Gasteiger charge is -2.31. The van der Waals surface area contributed by atoms with Gasteiger partial charge in [-0.1, -0.05) is 62.8 Å². The maximum atomic E-state index is 12.0. The highest BCUT2D eigenvalue weighted by molar-refractivity contribution is 5.82. The Balaban J connectivity index is 1.20. The maximum Gasteiger partial charge on any atom is 0.560 e. The first kappa shape index (κ1) is 28.8. The SMILES string of the molecule is COc1ccc(CCCCCCCCCCN2CCCC2)cc1C(c1cc2ccccc2o1)N1OC(=O)ON=C1N. The summed E-state index contributed by atoms with van der Waals surface area (Å²) in [6.45, 7) is 3.90. The van der Waals surface area contributed by atoms with Crippen LogP contribution in [0.2, 0.25) is 0 Å². The number of ether oxygens (including phenoxy) is 1. The minimum absolute atomic E-state index is 0.0986. The van der Waals surface area contributed by atoms with E-state index in [9.17, 15) is 4.79 Å². The van der Waals surface area contributed by atoms with Gasteiger partial charge in [0.25, 0.3) is 5.96 Å². The number of furan rings is 1. The molecule has 220 valence electrons. The van der Waals surface area contributed by atoms with Gasteiger partial charge in [-0.3, -0.25) is 4.84 Å². The average molecular weight is 563 g/mol. The number of para-hydroxylation sites is 1. The number of hydroxylamine groups is 2. The Morgan fingerprint density at radius 2 is 1.68 bits per heavy atom. The van der Waals surface area contributed by atoms with Gasteiger partial charge in [0.2, 0.25) is 0 Å². The van der Waals surface area contributed by atoms with Gasteiger partial charge in [0, 0.05) is 10.9 Å². The number of oxime groups is 1. The normalized spacial score (nSPS) is 16.5. The molecule has 0 aliphatic carbocycles. The Hall–Kier alpha value is -3.72. The third kappa shape index (κ3) is 7.52. The summed E-state index contributed by atoms with van der Waals surface area (Å²) < 4.78 is 11.9. The molecule has 2 aromatic carbocycles. The predicted octanol–water partition coefficient (Wildman–Crippen LogP) is 6.90. The molecular formula is C32H42N4O5. The van der Waals surface area contributed by atoms with Gasteiger partial charge in [-0.2, -0.15) is 9.86 Å². The van der Waals surface area contributed by atoms with Crippen molar-refractivity contribution in [1.29, 1.82) is 0 Å². The lowest BCUT2D eigenvalue weighted by Crippen LogP contribution is -2.45. The van der Waals surface area contributed by atoms with E-state index in [1.54, 1.807) is 7.11 Å². The van der Waals surface area contributed by atoms with E-state index in [-0.39, 0.29) is 5.96 Å². The first-order valence-electron chi connectivity index (χ1n) is 15.0. The van der Waals surface area contributed by atoms with Gasteiger partial charge >= 0.3 is 6.16 Å². The Kier molecular flexibility index (Phi) is 10.0. The molecule has 0 radical (unpaired) electrons. The van der Waals surface area contributed by atoms with E-state index in [2.05, 4.69) is 27.0 Å². The molecule has 3 aromatic rings. The van der Waals surface area contributed by atoms with Gasteiger partial charge in [-0.25, -0.2) is 0 Å². The number of likely N-dealkylation sites (tertiary alicyclic amines) is 1. The van der Waals surface area contributed by atoms with Gasteiger partial charge in [0.1, 0.15) is 17.1 Å². The lowest BCUT2D eigenvalue weighted by molar-refractivity contribution is -0.116. The van der Waals surface area contributed by atoms with Crippen molar-refractivity contribution in [3.63, 3.8) is 0 Å². The second kappa shape index (κ2) is 14.3. The number of nitrogens with zero attached hydrogens (tertiary/aromatic N) is 3. The monoisotopic (exact) mass is 562 g/mol. The predicted molar refractivity (Wildman–Crippen MR) is 158 cm³/mol. The van der Waals surface area contributed by atoms with E-state index in [1.165, 1.54) is 88.0 Å². The number of carbonyl (C=O) groups excluding carboxylic acids is 1. The number of methoxy groups -OCH3 is 1. The number of hydrogen-bond donors (Lipinski definition) is 1. The number of hydrogen-bond acceptors (Lipinski definition) is 9. The van der Waals surface area contributed by atoms with E-state index in [4.69, 9.17) is 19.7 Å². The smallest absolute Gasteiger partial charge is 0.496 e. The van der Waals surface area contributed by atoms with Crippen molar-refractivity contribution < 1.29 is 23.6 Å². The van der Waals surface area contributed by atoms with E-state index in [1.807, 2.05) is 36.4 Å². The number of unbranched alkanes of at least 4 members (excludes halogenated alkanes) is 7. The molecule has 1 unspecified atom stereocenters. The van der Waals surface area contributed by atoms with Crippen molar-refractivity contribution in [2.75, 3.05) is 26.7 Å². The first-order valence-corrected chi connectivity index (χ1v) is 15.0. The zero-order chi connectivity index (χ0) is 28.4. The Bertz CT molecular complexity index is 1280. The number of nitrogens with two attached hydrogens (primary N) is 1. The molecule has 2 aliphatic rings. The van der Waals surface area contributed by atoms with E-state index >= 15 is 0 Å².